The fraction of sp³-hybridized carbons (Fsp3) is 0.250. The molecule has 2 atom stereocenters. The molecule has 2 aromatic rings. The van der Waals surface area contributed by atoms with Gasteiger partial charge in [0.25, 0.3) is 5.89 Å². The molecule has 0 radical (unpaired) electrons. The number of benzene rings is 1. The van der Waals surface area contributed by atoms with Crippen LogP contribution in [0.3, 0.4) is 0 Å². The molecule has 1 aromatic heterocycles. The summed E-state index contributed by atoms with van der Waals surface area (Å²) in [6, 6.07) is 7.06. The highest BCUT2D eigenvalue weighted by atomic mass is 35.5. The van der Waals surface area contributed by atoms with Gasteiger partial charge in [-0.2, -0.15) is 4.98 Å². The number of halogens is 1. The van der Waals surface area contributed by atoms with Crippen LogP contribution in [-0.2, 0) is 14.0 Å². The van der Waals surface area contributed by atoms with Crippen LogP contribution in [0.1, 0.15) is 18.9 Å². The van der Waals surface area contributed by atoms with Crippen molar-refractivity contribution in [3.8, 4) is 11.5 Å². The van der Waals surface area contributed by atoms with Gasteiger partial charge in [-0.05, 0) is 31.0 Å². The topological polar surface area (TPSA) is 65.2 Å². The third kappa shape index (κ3) is 3.79. The Balaban J connectivity index is 2.24. The predicted octanol–water partition coefficient (Wildman–Crippen LogP) is 2.73. The lowest BCUT2D eigenvalue weighted by Crippen LogP contribution is -2.08. The maximum absolute atomic E-state index is 11.5. The third-order valence-corrected chi connectivity index (χ3v) is 3.16. The number of rotatable bonds is 4. The Kier molecular flexibility index (Phi) is 3.93. The Hall–Kier alpha value is -1.37. The van der Waals surface area contributed by atoms with Crippen molar-refractivity contribution in [1.29, 1.82) is 0 Å². The van der Waals surface area contributed by atoms with Crippen molar-refractivity contribution in [3.63, 3.8) is 0 Å². The van der Waals surface area contributed by atoms with Crippen LogP contribution >= 0.6 is 11.6 Å². The SMILES string of the molecule is C=S(C)(=O)OC(C)c1noc(-c2cccc(Cl)c2)n1. The molecule has 1 aromatic carbocycles. The molecule has 1 heterocycles. The minimum atomic E-state index is -2.58. The molecular weight excluding hydrogens is 288 g/mol. The standard InChI is InChI=1S/C12H13ClN2O3S/c1-8(18-19(2,3)16)11-14-12(17-15-11)9-5-4-6-10(13)7-9/h4-8H,2H2,1,3H3. The van der Waals surface area contributed by atoms with Gasteiger partial charge in [0.05, 0.1) is 9.80 Å². The van der Waals surface area contributed by atoms with Crippen molar-refractivity contribution in [3.05, 3.63) is 35.1 Å². The minimum Gasteiger partial charge on any atom is -0.334 e. The molecule has 0 aliphatic rings. The van der Waals surface area contributed by atoms with Gasteiger partial charge in [-0.25, -0.2) is 4.21 Å². The average molecular weight is 301 g/mol. The molecule has 0 aliphatic carbocycles. The number of nitrogens with zero attached hydrogens (tertiary/aromatic N) is 2. The summed E-state index contributed by atoms with van der Waals surface area (Å²) in [6.07, 6.45) is 0.841. The molecule has 0 N–H and O–H groups in total. The van der Waals surface area contributed by atoms with E-state index in [1.807, 2.05) is 0 Å². The van der Waals surface area contributed by atoms with Crippen molar-refractivity contribution in [2.75, 3.05) is 6.26 Å². The summed E-state index contributed by atoms with van der Waals surface area (Å²) in [5, 5.41) is 4.38. The van der Waals surface area contributed by atoms with Crippen LogP contribution in [-0.4, -0.2) is 26.5 Å². The van der Waals surface area contributed by atoms with Crippen LogP contribution in [0, 0.1) is 0 Å². The van der Waals surface area contributed by atoms with Crippen molar-refractivity contribution in [2.45, 2.75) is 13.0 Å². The van der Waals surface area contributed by atoms with Crippen LogP contribution in [0.5, 0.6) is 0 Å². The first-order valence-electron chi connectivity index (χ1n) is 5.45. The quantitative estimate of drug-likeness (QED) is 0.812. The minimum absolute atomic E-state index is 0.313. The highest BCUT2D eigenvalue weighted by Crippen LogP contribution is 2.23. The largest absolute Gasteiger partial charge is 0.334 e. The molecule has 0 amide bonds. The normalized spacial score (nSPS) is 15.9. The van der Waals surface area contributed by atoms with Gasteiger partial charge in [0, 0.05) is 16.8 Å². The molecule has 102 valence electrons. The maximum Gasteiger partial charge on any atom is 0.258 e. The van der Waals surface area contributed by atoms with E-state index in [0.29, 0.717) is 22.3 Å². The summed E-state index contributed by atoms with van der Waals surface area (Å²) in [7, 11) is -2.58. The molecule has 19 heavy (non-hydrogen) atoms. The second kappa shape index (κ2) is 5.32. The van der Waals surface area contributed by atoms with Gasteiger partial charge in [0.1, 0.15) is 6.10 Å². The number of hydrogen-bond donors (Lipinski definition) is 0. The third-order valence-electron chi connectivity index (χ3n) is 2.22. The van der Waals surface area contributed by atoms with E-state index in [9.17, 15) is 4.21 Å². The van der Waals surface area contributed by atoms with Crippen LogP contribution in [0.25, 0.3) is 11.5 Å². The molecule has 2 rings (SSSR count). The monoisotopic (exact) mass is 300 g/mol. The van der Waals surface area contributed by atoms with Gasteiger partial charge in [0.15, 0.2) is 0 Å². The zero-order valence-electron chi connectivity index (χ0n) is 10.5. The Labute approximate surface area is 116 Å². The summed E-state index contributed by atoms with van der Waals surface area (Å²) in [5.41, 5.74) is 0.713. The summed E-state index contributed by atoms with van der Waals surface area (Å²) in [6.45, 7) is 1.68. The molecule has 0 bridgehead atoms. The lowest BCUT2D eigenvalue weighted by molar-refractivity contribution is 0.235. The molecule has 7 heteroatoms. The smallest absolute Gasteiger partial charge is 0.258 e. The molecule has 0 spiro atoms. The van der Waals surface area contributed by atoms with Crippen LogP contribution in [0.2, 0.25) is 5.02 Å². The maximum atomic E-state index is 11.5. The Bertz CT molecular complexity index is 682. The van der Waals surface area contributed by atoms with Crippen molar-refractivity contribution < 1.29 is 12.9 Å². The van der Waals surface area contributed by atoms with Gasteiger partial charge in [-0.1, -0.05) is 22.8 Å². The Morgan fingerprint density at radius 2 is 2.26 bits per heavy atom. The van der Waals surface area contributed by atoms with Crippen molar-refractivity contribution in [1.82, 2.24) is 10.1 Å². The van der Waals surface area contributed by atoms with E-state index >= 15 is 0 Å². The van der Waals surface area contributed by atoms with E-state index < -0.39 is 15.9 Å². The second-order valence-electron chi connectivity index (χ2n) is 4.13. The van der Waals surface area contributed by atoms with Gasteiger partial charge in [-0.15, -0.1) is 0 Å². The summed E-state index contributed by atoms with van der Waals surface area (Å²) in [5.74, 6) is 4.06. The van der Waals surface area contributed by atoms with Crippen molar-refractivity contribution >= 4 is 27.3 Å². The van der Waals surface area contributed by atoms with E-state index in [0.717, 1.165) is 0 Å². The molecule has 0 aliphatic heterocycles. The van der Waals surface area contributed by atoms with E-state index in [-0.39, 0.29) is 0 Å². The van der Waals surface area contributed by atoms with E-state index in [4.69, 9.17) is 20.3 Å². The number of hydrogen-bond acceptors (Lipinski definition) is 5. The van der Waals surface area contributed by atoms with E-state index in [1.165, 1.54) is 6.26 Å². The lowest BCUT2D eigenvalue weighted by atomic mass is 10.2. The number of aromatic nitrogens is 2. The first-order chi connectivity index (χ1) is 8.85. The average Bonchev–Trinajstić information content (AvgIpc) is 2.75. The molecule has 0 saturated carbocycles. The van der Waals surface area contributed by atoms with E-state index in [2.05, 4.69) is 16.0 Å². The summed E-state index contributed by atoms with van der Waals surface area (Å²) >= 11 is 5.89. The molecular formula is C12H13ClN2O3S. The van der Waals surface area contributed by atoms with E-state index in [1.54, 1.807) is 31.2 Å². The first kappa shape index (κ1) is 14.0. The van der Waals surface area contributed by atoms with Gasteiger partial charge >= 0.3 is 0 Å². The van der Waals surface area contributed by atoms with Crippen LogP contribution in [0.4, 0.5) is 0 Å². The molecule has 0 fully saturated rings. The fourth-order valence-corrected chi connectivity index (χ4v) is 2.37. The highest BCUT2D eigenvalue weighted by Gasteiger charge is 2.17. The van der Waals surface area contributed by atoms with Gasteiger partial charge in [0.2, 0.25) is 5.82 Å². The molecule has 5 nitrogen and oxygen atoms in total. The fourth-order valence-electron chi connectivity index (χ4n) is 1.49. The zero-order valence-corrected chi connectivity index (χ0v) is 12.1. The lowest BCUT2D eigenvalue weighted by Gasteiger charge is -2.08. The predicted molar refractivity (Wildman–Crippen MR) is 75.4 cm³/mol. The Morgan fingerprint density at radius 1 is 1.53 bits per heavy atom. The first-order valence-corrected chi connectivity index (χ1v) is 7.89. The zero-order chi connectivity index (χ0) is 14.0. The van der Waals surface area contributed by atoms with Crippen LogP contribution < -0.4 is 0 Å². The van der Waals surface area contributed by atoms with Crippen molar-refractivity contribution in [2.24, 2.45) is 0 Å². The van der Waals surface area contributed by atoms with Gasteiger partial charge in [-0.3, -0.25) is 4.18 Å². The summed E-state index contributed by atoms with van der Waals surface area (Å²) < 4.78 is 21.8. The molecule has 0 saturated heterocycles. The summed E-state index contributed by atoms with van der Waals surface area (Å²) in [4.78, 5) is 4.19. The van der Waals surface area contributed by atoms with Crippen LogP contribution in [0.15, 0.2) is 28.8 Å². The molecule has 2 unspecified atom stereocenters. The highest BCUT2D eigenvalue weighted by molar-refractivity contribution is 7.95. The Morgan fingerprint density at radius 3 is 2.89 bits per heavy atom. The van der Waals surface area contributed by atoms with Gasteiger partial charge < -0.3 is 4.52 Å². The second-order valence-corrected chi connectivity index (χ2v) is 6.61.